The molecule has 4 rings (SSSR count). The molecule has 0 saturated carbocycles. The summed E-state index contributed by atoms with van der Waals surface area (Å²) in [5, 5.41) is 11.4. The number of benzene rings is 2. The smallest absolute Gasteiger partial charge is 0.416 e. The van der Waals surface area contributed by atoms with E-state index in [0.29, 0.717) is 27.2 Å². The molecule has 0 saturated heterocycles. The summed E-state index contributed by atoms with van der Waals surface area (Å²) in [6.07, 6.45) is -5.09. The average molecular weight is 659 g/mol. The molecule has 0 aliphatic rings. The highest BCUT2D eigenvalue weighted by molar-refractivity contribution is 7.21. The molecule has 244 valence electrons. The van der Waals surface area contributed by atoms with Crippen LogP contribution in [0.2, 0.25) is 0 Å². The molecular weight excluding hydrogens is 625 g/mol. The van der Waals surface area contributed by atoms with E-state index >= 15 is 0 Å². The Morgan fingerprint density at radius 1 is 0.935 bits per heavy atom. The molecule has 0 bridgehead atoms. The lowest BCUT2D eigenvalue weighted by Crippen LogP contribution is -2.45. The van der Waals surface area contributed by atoms with E-state index in [9.17, 15) is 27.6 Å². The minimum Gasteiger partial charge on any atom is -0.444 e. The van der Waals surface area contributed by atoms with Gasteiger partial charge in [0.2, 0.25) is 5.95 Å². The van der Waals surface area contributed by atoms with Crippen molar-refractivity contribution in [3.8, 4) is 11.3 Å². The Kier molecular flexibility index (Phi) is 9.33. The van der Waals surface area contributed by atoms with Crippen LogP contribution in [-0.2, 0) is 10.9 Å². The van der Waals surface area contributed by atoms with Crippen LogP contribution in [0.1, 0.15) is 49.9 Å². The van der Waals surface area contributed by atoms with E-state index in [1.54, 1.807) is 45.0 Å². The molecule has 0 atom stereocenters. The van der Waals surface area contributed by atoms with Crippen LogP contribution in [0.15, 0.2) is 48.5 Å². The highest BCUT2D eigenvalue weighted by atomic mass is 32.1. The maximum Gasteiger partial charge on any atom is 0.416 e. The molecule has 0 fully saturated rings. The van der Waals surface area contributed by atoms with E-state index in [1.165, 1.54) is 0 Å². The average Bonchev–Trinajstić information content (AvgIpc) is 3.26. The minimum absolute atomic E-state index is 0.0957. The molecular formula is C30H33F3N8O4S. The summed E-state index contributed by atoms with van der Waals surface area (Å²) in [5.74, 6) is -0.577. The number of amides is 4. The van der Waals surface area contributed by atoms with Gasteiger partial charge in [0.15, 0.2) is 0 Å². The molecule has 0 aliphatic heterocycles. The number of nitrogen functional groups attached to an aromatic ring is 1. The van der Waals surface area contributed by atoms with Crippen LogP contribution in [-0.4, -0.2) is 45.7 Å². The molecule has 0 unspecified atom stereocenters. The van der Waals surface area contributed by atoms with Crippen molar-refractivity contribution >= 4 is 62.6 Å². The predicted molar refractivity (Wildman–Crippen MR) is 172 cm³/mol. The first kappa shape index (κ1) is 33.8. The maximum atomic E-state index is 12.9. The SMILES string of the molecule is CC(C)(CNC(=O)OC(C)(C)C)Nc1nc(-c2cccc(NC(=O)Nc3ccc(C(F)(F)F)cc3)c2)c2c(N)c(C(N)=O)sc2n1. The van der Waals surface area contributed by atoms with Gasteiger partial charge in [-0.3, -0.25) is 4.79 Å². The van der Waals surface area contributed by atoms with Crippen molar-refractivity contribution in [2.45, 2.75) is 51.9 Å². The van der Waals surface area contributed by atoms with Gasteiger partial charge in [0, 0.05) is 23.5 Å². The Hall–Kier alpha value is -5.12. The number of nitrogens with zero attached hydrogens (tertiary/aromatic N) is 2. The number of anilines is 4. The number of urea groups is 1. The van der Waals surface area contributed by atoms with Crippen LogP contribution in [0.5, 0.6) is 0 Å². The number of rotatable bonds is 8. The van der Waals surface area contributed by atoms with Crippen LogP contribution in [0.4, 0.5) is 45.8 Å². The van der Waals surface area contributed by atoms with Gasteiger partial charge in [-0.15, -0.1) is 11.3 Å². The number of nitrogens with two attached hydrogens (primary N) is 2. The third kappa shape index (κ3) is 8.53. The van der Waals surface area contributed by atoms with Gasteiger partial charge < -0.3 is 37.5 Å². The number of hydrogen-bond donors (Lipinski definition) is 6. The van der Waals surface area contributed by atoms with Crippen molar-refractivity contribution < 1.29 is 32.3 Å². The summed E-state index contributed by atoms with van der Waals surface area (Å²) in [6, 6.07) is 9.88. The zero-order chi connectivity index (χ0) is 34.0. The van der Waals surface area contributed by atoms with Gasteiger partial charge >= 0.3 is 18.3 Å². The van der Waals surface area contributed by atoms with Gasteiger partial charge in [0.05, 0.1) is 27.9 Å². The van der Waals surface area contributed by atoms with Crippen molar-refractivity contribution in [3.63, 3.8) is 0 Å². The van der Waals surface area contributed by atoms with E-state index in [1.807, 2.05) is 13.8 Å². The number of hydrogen-bond acceptors (Lipinski definition) is 9. The van der Waals surface area contributed by atoms with Gasteiger partial charge in [0.1, 0.15) is 15.3 Å². The monoisotopic (exact) mass is 658 g/mol. The van der Waals surface area contributed by atoms with Crippen molar-refractivity contribution in [1.29, 1.82) is 0 Å². The molecule has 12 nitrogen and oxygen atoms in total. The van der Waals surface area contributed by atoms with E-state index in [0.717, 1.165) is 35.6 Å². The highest BCUT2D eigenvalue weighted by Gasteiger charge is 2.30. The number of thiophene rings is 1. The number of alkyl carbamates (subject to hydrolysis) is 1. The zero-order valence-corrected chi connectivity index (χ0v) is 26.4. The first-order valence-corrected chi connectivity index (χ1v) is 14.6. The number of aromatic nitrogens is 2. The van der Waals surface area contributed by atoms with Gasteiger partial charge in [-0.05, 0) is 71.0 Å². The Morgan fingerprint density at radius 2 is 1.59 bits per heavy atom. The molecule has 8 N–H and O–H groups in total. The minimum atomic E-state index is -4.50. The van der Waals surface area contributed by atoms with Crippen molar-refractivity contribution in [2.24, 2.45) is 5.73 Å². The predicted octanol–water partition coefficient (Wildman–Crippen LogP) is 6.42. The summed E-state index contributed by atoms with van der Waals surface area (Å²) >= 11 is 0.994. The lowest BCUT2D eigenvalue weighted by molar-refractivity contribution is -0.137. The summed E-state index contributed by atoms with van der Waals surface area (Å²) in [7, 11) is 0. The van der Waals surface area contributed by atoms with E-state index in [4.69, 9.17) is 16.2 Å². The van der Waals surface area contributed by atoms with Crippen molar-refractivity contribution in [1.82, 2.24) is 15.3 Å². The van der Waals surface area contributed by atoms with Crippen molar-refractivity contribution in [3.05, 3.63) is 59.0 Å². The number of carbonyl (C=O) groups excluding carboxylic acids is 3. The normalized spacial score (nSPS) is 12.0. The number of fused-ring (bicyclic) bond motifs is 1. The van der Waals surface area contributed by atoms with Crippen LogP contribution in [0, 0.1) is 0 Å². The maximum absolute atomic E-state index is 12.9. The highest BCUT2D eigenvalue weighted by Crippen LogP contribution is 2.39. The fourth-order valence-electron chi connectivity index (χ4n) is 4.20. The largest absolute Gasteiger partial charge is 0.444 e. The third-order valence-electron chi connectivity index (χ3n) is 6.20. The second kappa shape index (κ2) is 12.7. The standard InChI is InChI=1S/C30H33F3N8O4S/c1-28(2,3)45-27(44)36-14-29(4,5)41-25-39-21(19-20(34)22(23(35)42)46-24(19)40-25)15-7-6-8-18(13-15)38-26(43)37-17-11-9-16(10-12-17)30(31,32)33/h6-13H,14,34H2,1-5H3,(H2,35,42)(H,36,44)(H2,37,38,43)(H,39,40,41). The third-order valence-corrected chi connectivity index (χ3v) is 7.31. The van der Waals surface area contributed by atoms with Gasteiger partial charge in [-0.2, -0.15) is 13.2 Å². The topological polar surface area (TPSA) is 186 Å². The Morgan fingerprint density at radius 3 is 2.20 bits per heavy atom. The number of alkyl halides is 3. The summed E-state index contributed by atoms with van der Waals surface area (Å²) in [6.45, 7) is 9.03. The molecule has 4 amide bonds. The second-order valence-corrected chi connectivity index (χ2v) is 12.9. The molecule has 2 aromatic heterocycles. The van der Waals surface area contributed by atoms with Crippen LogP contribution in [0.25, 0.3) is 21.5 Å². The number of nitrogens with one attached hydrogen (secondary N) is 4. The lowest BCUT2D eigenvalue weighted by Gasteiger charge is -2.28. The lowest BCUT2D eigenvalue weighted by atomic mass is 10.1. The second-order valence-electron chi connectivity index (χ2n) is 11.9. The fourth-order valence-corrected chi connectivity index (χ4v) is 5.15. The van der Waals surface area contributed by atoms with Crippen LogP contribution >= 0.6 is 11.3 Å². The Labute approximate surface area is 266 Å². The van der Waals surface area contributed by atoms with Crippen molar-refractivity contribution in [2.75, 3.05) is 28.2 Å². The zero-order valence-electron chi connectivity index (χ0n) is 25.6. The summed E-state index contributed by atoms with van der Waals surface area (Å²) < 4.78 is 43.9. The van der Waals surface area contributed by atoms with E-state index in [-0.39, 0.29) is 28.7 Å². The summed E-state index contributed by atoms with van der Waals surface area (Å²) in [5.41, 5.74) is 11.0. The fraction of sp³-hybridized carbons (Fsp3) is 0.300. The summed E-state index contributed by atoms with van der Waals surface area (Å²) in [4.78, 5) is 46.7. The molecule has 0 radical (unpaired) electrons. The van der Waals surface area contributed by atoms with Crippen LogP contribution in [0.3, 0.4) is 0 Å². The molecule has 46 heavy (non-hydrogen) atoms. The number of ether oxygens (including phenoxy) is 1. The first-order valence-electron chi connectivity index (χ1n) is 13.8. The van der Waals surface area contributed by atoms with Crippen LogP contribution < -0.4 is 32.7 Å². The van der Waals surface area contributed by atoms with E-state index in [2.05, 4.69) is 31.2 Å². The van der Waals surface area contributed by atoms with E-state index < -0.39 is 40.9 Å². The number of primary amides is 1. The molecule has 2 aromatic carbocycles. The molecule has 0 spiro atoms. The quantitative estimate of drug-likeness (QED) is 0.125. The number of halogens is 3. The van der Waals surface area contributed by atoms with Gasteiger partial charge in [0.25, 0.3) is 5.91 Å². The molecule has 2 heterocycles. The van der Waals surface area contributed by atoms with Gasteiger partial charge in [-0.25, -0.2) is 19.6 Å². The first-order chi connectivity index (χ1) is 21.3. The van der Waals surface area contributed by atoms with Gasteiger partial charge in [-0.1, -0.05) is 12.1 Å². The molecule has 0 aliphatic carbocycles. The molecule has 4 aromatic rings. The Balaban J connectivity index is 1.61. The number of carbonyl (C=O) groups is 3. The Bertz CT molecular complexity index is 1780. The molecule has 16 heteroatoms.